The first-order chi connectivity index (χ1) is 15.7. The van der Waals surface area contributed by atoms with Gasteiger partial charge in [-0.3, -0.25) is 13.8 Å². The van der Waals surface area contributed by atoms with Crippen LogP contribution < -0.4 is 10.3 Å². The molecule has 0 aliphatic heterocycles. The summed E-state index contributed by atoms with van der Waals surface area (Å²) in [6.07, 6.45) is 1.66. The Balaban J connectivity index is 1.50. The Kier molecular flexibility index (Phi) is 5.20. The van der Waals surface area contributed by atoms with Gasteiger partial charge in [-0.1, -0.05) is 47.3 Å². The van der Waals surface area contributed by atoms with Crippen LogP contribution in [0.3, 0.4) is 0 Å². The molecule has 10 heteroatoms. The minimum Gasteiger partial charge on any atom is -0.496 e. The average molecular weight is 446 g/mol. The molecule has 0 unspecified atom stereocenters. The first-order valence-corrected chi connectivity index (χ1v) is 10.8. The van der Waals surface area contributed by atoms with Crippen LogP contribution in [0.25, 0.3) is 28.1 Å². The molecule has 0 aliphatic carbocycles. The third-order valence-electron chi connectivity index (χ3n) is 4.93. The fraction of sp³-hybridized carbons (Fsp3) is 0.136. The van der Waals surface area contributed by atoms with E-state index < -0.39 is 0 Å². The SMILES string of the molecule is C=CCn1c(=O)c2ccccc2n2c(SCc3nc(-c4ccccc4OC)no3)nnc12. The summed E-state index contributed by atoms with van der Waals surface area (Å²) in [6.45, 7) is 4.08. The molecular formula is C22H18N6O3S. The topological polar surface area (TPSA) is 100 Å². The van der Waals surface area contributed by atoms with E-state index in [1.165, 1.54) is 11.8 Å². The van der Waals surface area contributed by atoms with E-state index in [0.717, 1.165) is 11.1 Å². The summed E-state index contributed by atoms with van der Waals surface area (Å²) < 4.78 is 14.2. The van der Waals surface area contributed by atoms with Gasteiger partial charge in [0.25, 0.3) is 5.56 Å². The molecule has 0 fully saturated rings. The fourth-order valence-electron chi connectivity index (χ4n) is 3.50. The molecule has 0 spiro atoms. The quantitative estimate of drug-likeness (QED) is 0.276. The number of thioether (sulfide) groups is 1. The van der Waals surface area contributed by atoms with Gasteiger partial charge in [-0.05, 0) is 24.3 Å². The summed E-state index contributed by atoms with van der Waals surface area (Å²) in [6, 6.07) is 14.9. The van der Waals surface area contributed by atoms with Gasteiger partial charge < -0.3 is 9.26 Å². The number of rotatable bonds is 7. The predicted octanol–water partition coefficient (Wildman–Crippen LogP) is 3.58. The van der Waals surface area contributed by atoms with Crippen molar-refractivity contribution in [1.29, 1.82) is 0 Å². The Hall–Kier alpha value is -3.92. The molecule has 0 N–H and O–H groups in total. The molecule has 0 radical (unpaired) electrons. The summed E-state index contributed by atoms with van der Waals surface area (Å²) in [5.41, 5.74) is 1.36. The second-order valence-electron chi connectivity index (χ2n) is 6.84. The lowest BCUT2D eigenvalue weighted by Gasteiger charge is -2.09. The summed E-state index contributed by atoms with van der Waals surface area (Å²) in [4.78, 5) is 17.4. The van der Waals surface area contributed by atoms with E-state index in [9.17, 15) is 4.79 Å². The average Bonchev–Trinajstić information content (AvgIpc) is 3.48. The van der Waals surface area contributed by atoms with Crippen LogP contribution in [0.1, 0.15) is 5.89 Å². The first-order valence-electron chi connectivity index (χ1n) is 9.77. The van der Waals surface area contributed by atoms with Crippen molar-refractivity contribution >= 4 is 28.4 Å². The molecule has 160 valence electrons. The van der Waals surface area contributed by atoms with Crippen molar-refractivity contribution in [2.45, 2.75) is 17.5 Å². The van der Waals surface area contributed by atoms with Gasteiger partial charge in [0.1, 0.15) is 5.75 Å². The van der Waals surface area contributed by atoms with Gasteiger partial charge in [0, 0.05) is 6.54 Å². The van der Waals surface area contributed by atoms with Crippen molar-refractivity contribution < 1.29 is 9.26 Å². The van der Waals surface area contributed by atoms with Gasteiger partial charge in [-0.15, -0.1) is 16.8 Å². The van der Waals surface area contributed by atoms with Crippen molar-refractivity contribution in [3.63, 3.8) is 0 Å². The van der Waals surface area contributed by atoms with E-state index in [1.807, 2.05) is 46.9 Å². The van der Waals surface area contributed by atoms with Gasteiger partial charge in [-0.2, -0.15) is 4.98 Å². The van der Waals surface area contributed by atoms with Gasteiger partial charge in [0.2, 0.25) is 17.5 Å². The zero-order chi connectivity index (χ0) is 22.1. The van der Waals surface area contributed by atoms with Gasteiger partial charge in [0.05, 0.1) is 29.3 Å². The lowest BCUT2D eigenvalue weighted by molar-refractivity contribution is 0.390. The second-order valence-corrected chi connectivity index (χ2v) is 7.78. The Morgan fingerprint density at radius 3 is 2.81 bits per heavy atom. The number of allylic oxidation sites excluding steroid dienone is 1. The Morgan fingerprint density at radius 2 is 1.97 bits per heavy atom. The Morgan fingerprint density at radius 1 is 1.16 bits per heavy atom. The van der Waals surface area contributed by atoms with Crippen molar-refractivity contribution in [2.75, 3.05) is 7.11 Å². The molecule has 9 nitrogen and oxygen atoms in total. The van der Waals surface area contributed by atoms with Crippen molar-refractivity contribution in [3.8, 4) is 17.1 Å². The molecule has 0 saturated carbocycles. The molecule has 5 aromatic rings. The minimum absolute atomic E-state index is 0.129. The lowest BCUT2D eigenvalue weighted by Crippen LogP contribution is -2.22. The van der Waals surface area contributed by atoms with Crippen LogP contribution in [0, 0.1) is 0 Å². The fourth-order valence-corrected chi connectivity index (χ4v) is 4.28. The molecular weight excluding hydrogens is 428 g/mol. The van der Waals surface area contributed by atoms with Crippen molar-refractivity contribution in [3.05, 3.63) is 77.4 Å². The first kappa shape index (κ1) is 20.0. The lowest BCUT2D eigenvalue weighted by atomic mass is 10.2. The van der Waals surface area contributed by atoms with Crippen LogP contribution in [0.15, 0.2) is 75.7 Å². The number of ether oxygens (including phenoxy) is 1. The van der Waals surface area contributed by atoms with Gasteiger partial charge >= 0.3 is 0 Å². The molecule has 32 heavy (non-hydrogen) atoms. The van der Waals surface area contributed by atoms with E-state index in [-0.39, 0.29) is 5.56 Å². The summed E-state index contributed by atoms with van der Waals surface area (Å²) in [5.74, 6) is 2.41. The number of hydrogen-bond acceptors (Lipinski definition) is 8. The van der Waals surface area contributed by atoms with Crippen molar-refractivity contribution in [2.24, 2.45) is 0 Å². The predicted molar refractivity (Wildman–Crippen MR) is 121 cm³/mol. The van der Waals surface area contributed by atoms with E-state index in [0.29, 0.717) is 46.1 Å². The molecule has 0 bridgehead atoms. The van der Waals surface area contributed by atoms with E-state index in [4.69, 9.17) is 9.26 Å². The minimum atomic E-state index is -0.129. The second kappa shape index (κ2) is 8.31. The number of benzene rings is 2. The standard InChI is InChI=1S/C22H18N6O3S/c1-3-12-27-20(29)14-8-4-6-10-16(14)28-21(27)24-25-22(28)32-13-18-23-19(26-31-18)15-9-5-7-11-17(15)30-2/h3-11H,1,12-13H2,2H3. The maximum absolute atomic E-state index is 12.9. The van der Waals surface area contributed by atoms with Crippen LogP contribution >= 0.6 is 11.8 Å². The third-order valence-corrected chi connectivity index (χ3v) is 5.84. The number of fused-ring (bicyclic) bond motifs is 3. The Bertz CT molecular complexity index is 1500. The molecule has 0 saturated heterocycles. The molecule has 3 heterocycles. The van der Waals surface area contributed by atoms with E-state index in [2.05, 4.69) is 26.9 Å². The smallest absolute Gasteiger partial charge is 0.263 e. The highest BCUT2D eigenvalue weighted by Gasteiger charge is 2.18. The summed E-state index contributed by atoms with van der Waals surface area (Å²) in [5, 5.41) is 13.8. The number of nitrogens with zero attached hydrogens (tertiary/aromatic N) is 6. The third kappa shape index (κ3) is 3.34. The highest BCUT2D eigenvalue weighted by atomic mass is 32.2. The zero-order valence-electron chi connectivity index (χ0n) is 17.1. The molecule has 0 aliphatic rings. The van der Waals surface area contributed by atoms with Crippen LogP contribution in [0.4, 0.5) is 0 Å². The molecule has 0 atom stereocenters. The Labute approximate surface area is 186 Å². The largest absolute Gasteiger partial charge is 0.496 e. The van der Waals surface area contributed by atoms with Gasteiger partial charge in [0.15, 0.2) is 5.16 Å². The molecule has 2 aromatic carbocycles. The molecule has 3 aromatic heterocycles. The molecule has 0 amide bonds. The molecule has 5 rings (SSSR count). The number of methoxy groups -OCH3 is 1. The maximum Gasteiger partial charge on any atom is 0.263 e. The van der Waals surface area contributed by atoms with Crippen LogP contribution in [0.2, 0.25) is 0 Å². The normalized spacial score (nSPS) is 11.3. The van der Waals surface area contributed by atoms with Gasteiger partial charge in [-0.25, -0.2) is 0 Å². The van der Waals surface area contributed by atoms with Crippen LogP contribution in [-0.4, -0.2) is 36.4 Å². The highest BCUT2D eigenvalue weighted by molar-refractivity contribution is 7.98. The zero-order valence-corrected chi connectivity index (χ0v) is 18.0. The maximum atomic E-state index is 12.9. The van der Waals surface area contributed by atoms with E-state index >= 15 is 0 Å². The summed E-state index contributed by atoms with van der Waals surface area (Å²) >= 11 is 1.40. The number of hydrogen-bond donors (Lipinski definition) is 0. The summed E-state index contributed by atoms with van der Waals surface area (Å²) in [7, 11) is 1.60. The van der Waals surface area contributed by atoms with E-state index in [1.54, 1.807) is 23.8 Å². The van der Waals surface area contributed by atoms with Crippen molar-refractivity contribution in [1.82, 2.24) is 29.3 Å². The monoisotopic (exact) mass is 446 g/mol. The van der Waals surface area contributed by atoms with Crippen LogP contribution in [-0.2, 0) is 12.3 Å². The van der Waals surface area contributed by atoms with Crippen LogP contribution in [0.5, 0.6) is 5.75 Å². The number of aromatic nitrogens is 6. The highest BCUT2D eigenvalue weighted by Crippen LogP contribution is 2.29. The number of para-hydroxylation sites is 2.